The molecule has 0 fully saturated rings. The highest BCUT2D eigenvalue weighted by molar-refractivity contribution is 5.42. The van der Waals surface area contributed by atoms with E-state index in [0.717, 1.165) is 6.42 Å². The molecule has 2 aromatic rings. The summed E-state index contributed by atoms with van der Waals surface area (Å²) in [6.07, 6.45) is 1.08. The summed E-state index contributed by atoms with van der Waals surface area (Å²) in [5.74, 6) is 0. The van der Waals surface area contributed by atoms with Crippen molar-refractivity contribution < 1.29 is 0 Å². The number of hydrogen-bond acceptors (Lipinski definition) is 1. The maximum Gasteiger partial charge on any atom is 0.0455 e. The third-order valence-corrected chi connectivity index (χ3v) is 3.36. The second kappa shape index (κ2) is 4.76. The minimum atomic E-state index is 0.604. The van der Waals surface area contributed by atoms with E-state index >= 15 is 0 Å². The number of hydrogen-bond donors (Lipinski definition) is 1. The van der Waals surface area contributed by atoms with Crippen LogP contribution in [0, 0.1) is 13.8 Å². The van der Waals surface area contributed by atoms with Crippen molar-refractivity contribution >= 4 is 0 Å². The molecule has 2 rings (SSSR count). The molecular weight excluding hydrogens is 208 g/mol. The van der Waals surface area contributed by atoms with Crippen LogP contribution >= 0.6 is 0 Å². The molecule has 0 saturated heterocycles. The maximum absolute atomic E-state index is 5.74. The normalized spacial score (nSPS) is 10.8. The van der Waals surface area contributed by atoms with Crippen molar-refractivity contribution in [2.75, 3.05) is 0 Å². The van der Waals surface area contributed by atoms with Crippen molar-refractivity contribution in [1.82, 2.24) is 4.57 Å². The molecule has 0 aliphatic carbocycles. The van der Waals surface area contributed by atoms with Gasteiger partial charge in [-0.25, -0.2) is 0 Å². The molecule has 0 aliphatic rings. The first-order valence-corrected chi connectivity index (χ1v) is 6.14. The van der Waals surface area contributed by atoms with Gasteiger partial charge in [-0.05, 0) is 49.6 Å². The molecule has 0 amide bonds. The Balaban J connectivity index is 2.48. The van der Waals surface area contributed by atoms with Crippen molar-refractivity contribution in [2.45, 2.75) is 33.7 Å². The molecular formula is C15H20N2. The molecule has 0 radical (unpaired) electrons. The average molecular weight is 228 g/mol. The molecule has 0 saturated carbocycles. The Labute approximate surface area is 103 Å². The van der Waals surface area contributed by atoms with Gasteiger partial charge in [0.2, 0.25) is 0 Å². The highest BCUT2D eigenvalue weighted by atomic mass is 15.0. The van der Waals surface area contributed by atoms with Crippen molar-refractivity contribution in [2.24, 2.45) is 5.73 Å². The van der Waals surface area contributed by atoms with Gasteiger partial charge >= 0.3 is 0 Å². The van der Waals surface area contributed by atoms with Crippen molar-refractivity contribution in [3.63, 3.8) is 0 Å². The van der Waals surface area contributed by atoms with Crippen LogP contribution in [0.5, 0.6) is 0 Å². The second-order valence-electron chi connectivity index (χ2n) is 4.46. The van der Waals surface area contributed by atoms with Gasteiger partial charge in [-0.2, -0.15) is 0 Å². The summed E-state index contributed by atoms with van der Waals surface area (Å²) in [4.78, 5) is 0. The Morgan fingerprint density at radius 3 is 2.24 bits per heavy atom. The third-order valence-electron chi connectivity index (χ3n) is 3.36. The Morgan fingerprint density at radius 1 is 1.12 bits per heavy atom. The lowest BCUT2D eigenvalue weighted by atomic mass is 10.1. The van der Waals surface area contributed by atoms with Gasteiger partial charge in [0.05, 0.1) is 0 Å². The van der Waals surface area contributed by atoms with E-state index in [1.54, 1.807) is 0 Å². The number of nitrogens with two attached hydrogens (primary N) is 1. The van der Waals surface area contributed by atoms with Gasteiger partial charge in [-0.15, -0.1) is 0 Å². The van der Waals surface area contributed by atoms with Gasteiger partial charge in [0.15, 0.2) is 0 Å². The van der Waals surface area contributed by atoms with E-state index in [1.807, 2.05) is 0 Å². The Kier molecular flexibility index (Phi) is 3.34. The van der Waals surface area contributed by atoms with Gasteiger partial charge in [0.25, 0.3) is 0 Å². The fourth-order valence-corrected chi connectivity index (χ4v) is 2.31. The van der Waals surface area contributed by atoms with E-state index in [4.69, 9.17) is 5.73 Å². The largest absolute Gasteiger partial charge is 0.326 e. The van der Waals surface area contributed by atoms with E-state index in [9.17, 15) is 0 Å². The minimum Gasteiger partial charge on any atom is -0.326 e. The summed E-state index contributed by atoms with van der Waals surface area (Å²) in [7, 11) is 0. The van der Waals surface area contributed by atoms with Gasteiger partial charge in [-0.3, -0.25) is 0 Å². The number of aromatic nitrogens is 1. The van der Waals surface area contributed by atoms with Crippen molar-refractivity contribution in [1.29, 1.82) is 0 Å². The van der Waals surface area contributed by atoms with E-state index in [2.05, 4.69) is 55.7 Å². The lowest BCUT2D eigenvalue weighted by Crippen LogP contribution is -2.02. The standard InChI is InChI=1S/C15H20N2/c1-4-13-5-7-15(8-6-13)17-11(2)9-14(10-16)12(17)3/h5-9H,4,10,16H2,1-3H3. The summed E-state index contributed by atoms with van der Waals surface area (Å²) in [6, 6.07) is 10.9. The number of benzene rings is 1. The lowest BCUT2D eigenvalue weighted by Gasteiger charge is -2.10. The Morgan fingerprint density at radius 2 is 1.76 bits per heavy atom. The van der Waals surface area contributed by atoms with Gasteiger partial charge in [-0.1, -0.05) is 19.1 Å². The van der Waals surface area contributed by atoms with Crippen LogP contribution in [-0.4, -0.2) is 4.57 Å². The summed E-state index contributed by atoms with van der Waals surface area (Å²) in [6.45, 7) is 7.03. The van der Waals surface area contributed by atoms with Gasteiger partial charge in [0.1, 0.15) is 0 Å². The van der Waals surface area contributed by atoms with Crippen LogP contribution in [-0.2, 0) is 13.0 Å². The molecule has 2 heteroatoms. The summed E-state index contributed by atoms with van der Waals surface area (Å²) in [5, 5.41) is 0. The predicted octanol–water partition coefficient (Wildman–Crippen LogP) is 3.12. The zero-order valence-corrected chi connectivity index (χ0v) is 10.8. The van der Waals surface area contributed by atoms with Crippen LogP contribution in [0.4, 0.5) is 0 Å². The molecule has 90 valence electrons. The predicted molar refractivity (Wildman–Crippen MR) is 72.5 cm³/mol. The first-order chi connectivity index (χ1) is 8.17. The number of nitrogens with zero attached hydrogens (tertiary/aromatic N) is 1. The zero-order valence-electron chi connectivity index (χ0n) is 10.8. The maximum atomic E-state index is 5.74. The number of aryl methyl sites for hydroxylation is 2. The van der Waals surface area contributed by atoms with Crippen molar-refractivity contribution in [3.8, 4) is 5.69 Å². The Hall–Kier alpha value is -1.54. The molecule has 1 heterocycles. The van der Waals surface area contributed by atoms with Crippen LogP contribution < -0.4 is 5.73 Å². The van der Waals surface area contributed by atoms with Crippen LogP contribution in [0.3, 0.4) is 0 Å². The quantitative estimate of drug-likeness (QED) is 0.859. The van der Waals surface area contributed by atoms with Crippen molar-refractivity contribution in [3.05, 3.63) is 52.8 Å². The topological polar surface area (TPSA) is 30.9 Å². The number of rotatable bonds is 3. The first kappa shape index (κ1) is 11.9. The fraction of sp³-hybridized carbons (Fsp3) is 0.333. The third kappa shape index (κ3) is 2.13. The molecule has 0 aliphatic heterocycles. The van der Waals surface area contributed by atoms with E-state index in [1.165, 1.54) is 28.2 Å². The van der Waals surface area contributed by atoms with E-state index < -0.39 is 0 Å². The smallest absolute Gasteiger partial charge is 0.0455 e. The second-order valence-corrected chi connectivity index (χ2v) is 4.46. The molecule has 2 N–H and O–H groups in total. The zero-order chi connectivity index (χ0) is 12.4. The van der Waals surface area contributed by atoms with E-state index in [0.29, 0.717) is 6.54 Å². The first-order valence-electron chi connectivity index (χ1n) is 6.14. The lowest BCUT2D eigenvalue weighted by molar-refractivity contribution is 0.941. The molecule has 17 heavy (non-hydrogen) atoms. The molecule has 2 nitrogen and oxygen atoms in total. The fourth-order valence-electron chi connectivity index (χ4n) is 2.31. The Bertz CT molecular complexity index is 506. The summed E-state index contributed by atoms with van der Waals surface area (Å²) >= 11 is 0. The molecule has 1 aromatic heterocycles. The van der Waals surface area contributed by atoms with Crippen LogP contribution in [0.1, 0.15) is 29.4 Å². The summed E-state index contributed by atoms with van der Waals surface area (Å²) in [5.41, 5.74) is 12.0. The molecule has 0 atom stereocenters. The minimum absolute atomic E-state index is 0.604. The highest BCUT2D eigenvalue weighted by Crippen LogP contribution is 2.20. The van der Waals surface area contributed by atoms with Crippen LogP contribution in [0.15, 0.2) is 30.3 Å². The average Bonchev–Trinajstić information content (AvgIpc) is 2.64. The molecule has 0 unspecified atom stereocenters. The molecule has 0 spiro atoms. The molecule has 0 bridgehead atoms. The molecule has 1 aromatic carbocycles. The highest BCUT2D eigenvalue weighted by Gasteiger charge is 2.08. The monoisotopic (exact) mass is 228 g/mol. The van der Waals surface area contributed by atoms with E-state index in [-0.39, 0.29) is 0 Å². The van der Waals surface area contributed by atoms with Gasteiger partial charge in [0, 0.05) is 23.6 Å². The van der Waals surface area contributed by atoms with Gasteiger partial charge < -0.3 is 10.3 Å². The van der Waals surface area contributed by atoms with Crippen LogP contribution in [0.25, 0.3) is 5.69 Å². The van der Waals surface area contributed by atoms with Crippen LogP contribution in [0.2, 0.25) is 0 Å². The SMILES string of the molecule is CCc1ccc(-n2c(C)cc(CN)c2C)cc1. The summed E-state index contributed by atoms with van der Waals surface area (Å²) < 4.78 is 2.27.